The van der Waals surface area contributed by atoms with Crippen LogP contribution in [0.5, 0.6) is 5.75 Å². The molecule has 0 radical (unpaired) electrons. The molecule has 1 atom stereocenters. The Balaban J connectivity index is 3.08. The van der Waals surface area contributed by atoms with Gasteiger partial charge in [0.15, 0.2) is 0 Å². The summed E-state index contributed by atoms with van der Waals surface area (Å²) in [5.74, 6) is 0.200. The zero-order chi connectivity index (χ0) is 12.1. The SMILES string of the molecule is CCOc1cc([N+](=O)[O-])ccc1SS(=O)[O-]. The normalized spacial score (nSPS) is 12.1. The lowest BCUT2D eigenvalue weighted by molar-refractivity contribution is -0.385. The molecule has 0 spiro atoms. The monoisotopic (exact) mass is 262 g/mol. The first-order valence-electron chi connectivity index (χ1n) is 4.23. The van der Waals surface area contributed by atoms with Crippen molar-refractivity contribution in [2.45, 2.75) is 11.8 Å². The summed E-state index contributed by atoms with van der Waals surface area (Å²) in [6.45, 7) is 2.02. The van der Waals surface area contributed by atoms with Crippen molar-refractivity contribution in [3.63, 3.8) is 0 Å². The molecule has 6 nitrogen and oxygen atoms in total. The molecule has 0 aromatic heterocycles. The Labute approximate surface area is 97.8 Å². The van der Waals surface area contributed by atoms with Gasteiger partial charge in [-0.2, -0.15) is 0 Å². The van der Waals surface area contributed by atoms with Gasteiger partial charge in [0.05, 0.1) is 22.5 Å². The zero-order valence-electron chi connectivity index (χ0n) is 8.24. The summed E-state index contributed by atoms with van der Waals surface area (Å²) >= 11 is 0. The zero-order valence-corrected chi connectivity index (χ0v) is 9.88. The molecule has 0 saturated heterocycles. The summed E-state index contributed by atoms with van der Waals surface area (Å²) in [6.07, 6.45) is 0. The molecule has 0 aliphatic carbocycles. The molecular weight excluding hydrogens is 254 g/mol. The summed E-state index contributed by atoms with van der Waals surface area (Å²) in [5, 5.41) is 10.5. The molecule has 1 aromatic carbocycles. The van der Waals surface area contributed by atoms with Gasteiger partial charge in [0.1, 0.15) is 5.75 Å². The minimum Gasteiger partial charge on any atom is -0.763 e. The second-order valence-electron chi connectivity index (χ2n) is 2.61. The van der Waals surface area contributed by atoms with E-state index in [2.05, 4.69) is 0 Å². The molecule has 0 heterocycles. The van der Waals surface area contributed by atoms with E-state index >= 15 is 0 Å². The highest BCUT2D eigenvalue weighted by Crippen LogP contribution is 2.33. The maximum absolute atomic E-state index is 10.5. The van der Waals surface area contributed by atoms with Crippen molar-refractivity contribution < 1.29 is 18.4 Å². The van der Waals surface area contributed by atoms with Crippen LogP contribution in [0.15, 0.2) is 23.1 Å². The van der Waals surface area contributed by atoms with Crippen molar-refractivity contribution in [2.75, 3.05) is 6.61 Å². The summed E-state index contributed by atoms with van der Waals surface area (Å²) in [7, 11) is -1.78. The van der Waals surface area contributed by atoms with E-state index in [0.29, 0.717) is 22.3 Å². The molecule has 8 heteroatoms. The standard InChI is InChI=1S/C8H9NO5S2/c1-2-14-7-5-6(9(10)11)3-4-8(7)15-16(12)13/h3-5H,2H2,1H3,(H,12,13)/p-1. The summed E-state index contributed by atoms with van der Waals surface area (Å²) in [6, 6.07) is 3.79. The number of hydrogen-bond acceptors (Lipinski definition) is 6. The fourth-order valence-electron chi connectivity index (χ4n) is 1.02. The molecule has 0 bridgehead atoms. The molecule has 1 aromatic rings. The molecular formula is C8H8NO5S2-. The first-order chi connectivity index (χ1) is 7.54. The first kappa shape index (κ1) is 12.9. The van der Waals surface area contributed by atoms with Gasteiger partial charge in [0.2, 0.25) is 0 Å². The highest BCUT2D eigenvalue weighted by Gasteiger charge is 2.12. The van der Waals surface area contributed by atoms with E-state index in [0.717, 1.165) is 0 Å². The Morgan fingerprint density at radius 3 is 2.75 bits per heavy atom. The lowest BCUT2D eigenvalue weighted by Crippen LogP contribution is -1.96. The van der Waals surface area contributed by atoms with Crippen LogP contribution in [0.1, 0.15) is 6.92 Å². The molecule has 0 saturated carbocycles. The smallest absolute Gasteiger partial charge is 0.273 e. The van der Waals surface area contributed by atoms with Crippen LogP contribution in [-0.2, 0) is 10.1 Å². The molecule has 0 aliphatic heterocycles. The molecule has 0 fully saturated rings. The number of nitro benzene ring substituents is 1. The summed E-state index contributed by atoms with van der Waals surface area (Å²) < 4.78 is 26.2. The number of nitrogens with zero attached hydrogens (tertiary/aromatic N) is 1. The van der Waals surface area contributed by atoms with Crippen molar-refractivity contribution in [1.29, 1.82) is 0 Å². The third-order valence-corrected chi connectivity index (χ3v) is 3.20. The maximum Gasteiger partial charge on any atom is 0.273 e. The van der Waals surface area contributed by atoms with Gasteiger partial charge >= 0.3 is 0 Å². The van der Waals surface area contributed by atoms with Gasteiger partial charge in [-0.3, -0.25) is 14.3 Å². The highest BCUT2D eigenvalue weighted by molar-refractivity contribution is 8.67. The molecule has 1 unspecified atom stereocenters. The molecule has 88 valence electrons. The topological polar surface area (TPSA) is 92.5 Å². The largest absolute Gasteiger partial charge is 0.763 e. The molecule has 16 heavy (non-hydrogen) atoms. The third-order valence-electron chi connectivity index (χ3n) is 1.60. The van der Waals surface area contributed by atoms with Crippen LogP contribution in [0.4, 0.5) is 5.69 Å². The van der Waals surface area contributed by atoms with Gasteiger partial charge in [0.25, 0.3) is 5.69 Å². The van der Waals surface area contributed by atoms with E-state index in [1.54, 1.807) is 6.92 Å². The van der Waals surface area contributed by atoms with Gasteiger partial charge in [-0.05, 0) is 23.8 Å². The average Bonchev–Trinajstić information content (AvgIpc) is 2.20. The van der Waals surface area contributed by atoms with Gasteiger partial charge in [-0.1, -0.05) is 0 Å². The fourth-order valence-corrected chi connectivity index (χ4v) is 2.34. The Bertz CT molecular complexity index is 423. The van der Waals surface area contributed by atoms with Gasteiger partial charge in [-0.15, -0.1) is 0 Å². The van der Waals surface area contributed by atoms with E-state index in [-0.39, 0.29) is 11.4 Å². The second-order valence-corrected chi connectivity index (χ2v) is 4.94. The van der Waals surface area contributed by atoms with E-state index in [1.165, 1.54) is 18.2 Å². The average molecular weight is 262 g/mol. The van der Waals surface area contributed by atoms with Crippen molar-refractivity contribution in [3.8, 4) is 5.75 Å². The summed E-state index contributed by atoms with van der Waals surface area (Å²) in [5.41, 5.74) is -0.135. The van der Waals surface area contributed by atoms with Crippen LogP contribution in [0, 0.1) is 10.1 Å². The fraction of sp³-hybridized carbons (Fsp3) is 0.250. The highest BCUT2D eigenvalue weighted by atomic mass is 33.1. The lowest BCUT2D eigenvalue weighted by atomic mass is 10.3. The predicted molar refractivity (Wildman–Crippen MR) is 59.0 cm³/mol. The van der Waals surface area contributed by atoms with Crippen LogP contribution >= 0.6 is 10.8 Å². The van der Waals surface area contributed by atoms with Crippen molar-refractivity contribution >= 4 is 26.6 Å². The molecule has 0 N–H and O–H groups in total. The number of nitro groups is 1. The van der Waals surface area contributed by atoms with E-state index < -0.39 is 15.0 Å². The van der Waals surface area contributed by atoms with E-state index in [1.807, 2.05) is 0 Å². The predicted octanol–water partition coefficient (Wildman–Crippen LogP) is 1.88. The second kappa shape index (κ2) is 5.83. The lowest BCUT2D eigenvalue weighted by Gasteiger charge is -2.10. The Hall–Kier alpha value is -1.12. The minimum absolute atomic E-state index is 0.135. The van der Waals surface area contributed by atoms with Crippen molar-refractivity contribution in [1.82, 2.24) is 0 Å². The van der Waals surface area contributed by atoms with Crippen molar-refractivity contribution in [3.05, 3.63) is 28.3 Å². The number of benzene rings is 1. The molecule has 0 aliphatic rings. The van der Waals surface area contributed by atoms with Crippen LogP contribution in [0.2, 0.25) is 0 Å². The quantitative estimate of drug-likeness (QED) is 0.348. The van der Waals surface area contributed by atoms with Crippen molar-refractivity contribution in [2.24, 2.45) is 0 Å². The Kier molecular flexibility index (Phi) is 4.71. The number of non-ortho nitro benzene ring substituents is 1. The first-order valence-corrected chi connectivity index (χ1v) is 6.64. The maximum atomic E-state index is 10.5. The Morgan fingerprint density at radius 2 is 2.25 bits per heavy atom. The Morgan fingerprint density at radius 1 is 1.56 bits per heavy atom. The van der Waals surface area contributed by atoms with E-state index in [9.17, 15) is 18.9 Å². The van der Waals surface area contributed by atoms with Gasteiger partial charge < -0.3 is 9.29 Å². The molecule has 1 rings (SSSR count). The van der Waals surface area contributed by atoms with E-state index in [4.69, 9.17) is 4.74 Å². The van der Waals surface area contributed by atoms with Crippen LogP contribution in [-0.4, -0.2) is 20.3 Å². The number of hydrogen-bond donors (Lipinski definition) is 0. The van der Waals surface area contributed by atoms with Crippen LogP contribution < -0.4 is 4.74 Å². The third kappa shape index (κ3) is 3.47. The number of ether oxygens (including phenoxy) is 1. The van der Waals surface area contributed by atoms with Gasteiger partial charge in [-0.25, -0.2) is 0 Å². The molecule has 0 amide bonds. The number of rotatable bonds is 5. The van der Waals surface area contributed by atoms with Crippen LogP contribution in [0.3, 0.4) is 0 Å². The summed E-state index contributed by atoms with van der Waals surface area (Å²) in [4.78, 5) is 10.3. The van der Waals surface area contributed by atoms with Gasteiger partial charge in [0, 0.05) is 16.2 Å². The minimum atomic E-state index is -2.33. The van der Waals surface area contributed by atoms with Crippen LogP contribution in [0.25, 0.3) is 0 Å².